The van der Waals surface area contributed by atoms with Crippen molar-refractivity contribution in [2.75, 3.05) is 26.7 Å². The third-order valence-electron chi connectivity index (χ3n) is 2.84. The zero-order valence-electron chi connectivity index (χ0n) is 10.6. The van der Waals surface area contributed by atoms with Gasteiger partial charge in [-0.05, 0) is 45.4 Å². The molecule has 1 N–H and O–H groups in total. The zero-order valence-corrected chi connectivity index (χ0v) is 10.6. The lowest BCUT2D eigenvalue weighted by Crippen LogP contribution is -2.28. The molecule has 0 aromatic carbocycles. The SMILES string of the molecule is CC.CCN(C)CCC1CC(C)CN1. The lowest BCUT2D eigenvalue weighted by molar-refractivity contribution is 0.327. The fourth-order valence-corrected chi connectivity index (χ4v) is 1.77. The normalized spacial score (nSPS) is 26.1. The van der Waals surface area contributed by atoms with Crippen LogP contribution in [0.2, 0.25) is 0 Å². The molecule has 0 radical (unpaired) electrons. The van der Waals surface area contributed by atoms with Gasteiger partial charge in [0, 0.05) is 6.04 Å². The predicted molar refractivity (Wildman–Crippen MR) is 64.7 cm³/mol. The predicted octanol–water partition coefficient (Wildman–Crippen LogP) is 2.35. The first kappa shape index (κ1) is 13.9. The minimum Gasteiger partial charge on any atom is -0.314 e. The molecule has 0 amide bonds. The Kier molecular flexibility index (Phi) is 8.20. The summed E-state index contributed by atoms with van der Waals surface area (Å²) in [4.78, 5) is 2.38. The Balaban J connectivity index is 0.000000791. The maximum Gasteiger partial charge on any atom is 0.00823 e. The summed E-state index contributed by atoms with van der Waals surface area (Å²) in [6.07, 6.45) is 2.69. The van der Waals surface area contributed by atoms with E-state index in [0.717, 1.165) is 12.0 Å². The number of hydrogen-bond acceptors (Lipinski definition) is 2. The minimum atomic E-state index is 0.786. The summed E-state index contributed by atoms with van der Waals surface area (Å²) < 4.78 is 0. The van der Waals surface area contributed by atoms with Crippen molar-refractivity contribution in [3.8, 4) is 0 Å². The highest BCUT2D eigenvalue weighted by atomic mass is 15.1. The van der Waals surface area contributed by atoms with Crippen molar-refractivity contribution < 1.29 is 0 Å². The lowest BCUT2D eigenvalue weighted by atomic mass is 10.1. The molecule has 1 heterocycles. The highest BCUT2D eigenvalue weighted by molar-refractivity contribution is 4.79. The van der Waals surface area contributed by atoms with Crippen LogP contribution in [0.4, 0.5) is 0 Å². The highest BCUT2D eigenvalue weighted by Crippen LogP contribution is 2.15. The molecule has 0 bridgehead atoms. The summed E-state index contributed by atoms with van der Waals surface area (Å²) in [7, 11) is 2.19. The molecule has 0 saturated carbocycles. The van der Waals surface area contributed by atoms with E-state index >= 15 is 0 Å². The van der Waals surface area contributed by atoms with Gasteiger partial charge in [-0.25, -0.2) is 0 Å². The van der Waals surface area contributed by atoms with Crippen molar-refractivity contribution in [3.05, 3.63) is 0 Å². The number of hydrogen-bond donors (Lipinski definition) is 1. The second-order valence-electron chi connectivity index (χ2n) is 4.13. The summed E-state index contributed by atoms with van der Waals surface area (Å²) >= 11 is 0. The Hall–Kier alpha value is -0.0800. The van der Waals surface area contributed by atoms with Gasteiger partial charge >= 0.3 is 0 Å². The van der Waals surface area contributed by atoms with Crippen LogP contribution in [-0.2, 0) is 0 Å². The molecule has 0 aromatic rings. The number of rotatable bonds is 4. The first-order valence-corrected chi connectivity index (χ1v) is 6.14. The van der Waals surface area contributed by atoms with Crippen molar-refractivity contribution in [1.82, 2.24) is 10.2 Å². The Bertz CT molecular complexity index is 125. The van der Waals surface area contributed by atoms with E-state index in [1.807, 2.05) is 13.8 Å². The molecular weight excluding hydrogens is 172 g/mol. The van der Waals surface area contributed by atoms with E-state index < -0.39 is 0 Å². The van der Waals surface area contributed by atoms with Crippen LogP contribution in [0.25, 0.3) is 0 Å². The van der Waals surface area contributed by atoms with Gasteiger partial charge in [0.1, 0.15) is 0 Å². The molecule has 0 aliphatic carbocycles. The average Bonchev–Trinajstić information content (AvgIpc) is 2.64. The fraction of sp³-hybridized carbons (Fsp3) is 1.00. The van der Waals surface area contributed by atoms with Crippen LogP contribution in [0.15, 0.2) is 0 Å². The lowest BCUT2D eigenvalue weighted by Gasteiger charge is -2.16. The Labute approximate surface area is 90.1 Å². The molecule has 14 heavy (non-hydrogen) atoms. The number of nitrogens with one attached hydrogen (secondary N) is 1. The summed E-state index contributed by atoms with van der Waals surface area (Å²) in [5.74, 6) is 0.891. The van der Waals surface area contributed by atoms with Crippen LogP contribution in [0.3, 0.4) is 0 Å². The molecule has 2 heteroatoms. The van der Waals surface area contributed by atoms with E-state index in [1.54, 1.807) is 0 Å². The first-order chi connectivity index (χ1) is 6.72. The molecule has 86 valence electrons. The van der Waals surface area contributed by atoms with E-state index in [2.05, 4.69) is 31.1 Å². The molecule has 1 aliphatic heterocycles. The Morgan fingerprint density at radius 3 is 2.43 bits per heavy atom. The van der Waals surface area contributed by atoms with Gasteiger partial charge < -0.3 is 10.2 Å². The summed E-state index contributed by atoms with van der Waals surface area (Å²) in [5.41, 5.74) is 0. The number of nitrogens with zero attached hydrogens (tertiary/aromatic N) is 1. The molecule has 0 aromatic heterocycles. The molecule has 1 fully saturated rings. The van der Waals surface area contributed by atoms with Gasteiger partial charge in [-0.3, -0.25) is 0 Å². The fourth-order valence-electron chi connectivity index (χ4n) is 1.77. The van der Waals surface area contributed by atoms with Crippen molar-refractivity contribution >= 4 is 0 Å². The summed E-state index contributed by atoms with van der Waals surface area (Å²) in [5, 5.41) is 3.56. The first-order valence-electron chi connectivity index (χ1n) is 6.14. The van der Waals surface area contributed by atoms with Crippen molar-refractivity contribution in [3.63, 3.8) is 0 Å². The zero-order chi connectivity index (χ0) is 11.0. The second kappa shape index (κ2) is 8.25. The van der Waals surface area contributed by atoms with E-state index in [4.69, 9.17) is 0 Å². The van der Waals surface area contributed by atoms with Gasteiger partial charge in [-0.15, -0.1) is 0 Å². The quantitative estimate of drug-likeness (QED) is 0.749. The highest BCUT2D eigenvalue weighted by Gasteiger charge is 2.19. The van der Waals surface area contributed by atoms with Crippen LogP contribution >= 0.6 is 0 Å². The van der Waals surface area contributed by atoms with Crippen molar-refractivity contribution in [2.45, 2.75) is 46.6 Å². The van der Waals surface area contributed by atoms with E-state index in [0.29, 0.717) is 0 Å². The van der Waals surface area contributed by atoms with Gasteiger partial charge in [0.15, 0.2) is 0 Å². The topological polar surface area (TPSA) is 15.3 Å². The van der Waals surface area contributed by atoms with E-state index in [-0.39, 0.29) is 0 Å². The molecule has 1 aliphatic rings. The van der Waals surface area contributed by atoms with Crippen molar-refractivity contribution in [1.29, 1.82) is 0 Å². The maximum absolute atomic E-state index is 3.56. The summed E-state index contributed by atoms with van der Waals surface area (Å²) in [6.45, 7) is 12.2. The van der Waals surface area contributed by atoms with E-state index in [9.17, 15) is 0 Å². The Morgan fingerprint density at radius 1 is 1.36 bits per heavy atom. The van der Waals surface area contributed by atoms with Crippen molar-refractivity contribution in [2.24, 2.45) is 5.92 Å². The van der Waals surface area contributed by atoms with Gasteiger partial charge in [0.25, 0.3) is 0 Å². The van der Waals surface area contributed by atoms with Crippen LogP contribution in [0, 0.1) is 5.92 Å². The molecular formula is C12H28N2. The van der Waals surface area contributed by atoms with Crippen LogP contribution in [0.1, 0.15) is 40.5 Å². The van der Waals surface area contributed by atoms with Gasteiger partial charge in [0.05, 0.1) is 0 Å². The van der Waals surface area contributed by atoms with Gasteiger partial charge in [0.2, 0.25) is 0 Å². The largest absolute Gasteiger partial charge is 0.314 e. The van der Waals surface area contributed by atoms with Gasteiger partial charge in [-0.1, -0.05) is 27.7 Å². The molecule has 2 nitrogen and oxygen atoms in total. The molecule has 2 unspecified atom stereocenters. The van der Waals surface area contributed by atoms with Gasteiger partial charge in [-0.2, -0.15) is 0 Å². The Morgan fingerprint density at radius 2 is 2.00 bits per heavy atom. The second-order valence-corrected chi connectivity index (χ2v) is 4.13. The maximum atomic E-state index is 3.56. The third kappa shape index (κ3) is 5.61. The molecule has 1 saturated heterocycles. The monoisotopic (exact) mass is 200 g/mol. The smallest absolute Gasteiger partial charge is 0.00823 e. The van der Waals surface area contributed by atoms with Crippen LogP contribution < -0.4 is 5.32 Å². The van der Waals surface area contributed by atoms with E-state index in [1.165, 1.54) is 32.5 Å². The van der Waals surface area contributed by atoms with Crippen LogP contribution in [-0.4, -0.2) is 37.6 Å². The standard InChI is InChI=1S/C10H22N2.C2H6/c1-4-12(3)6-5-10-7-9(2)8-11-10;1-2/h9-11H,4-8H2,1-3H3;1-2H3. The average molecular weight is 200 g/mol. The molecule has 2 atom stereocenters. The van der Waals surface area contributed by atoms with Crippen LogP contribution in [0.5, 0.6) is 0 Å². The minimum absolute atomic E-state index is 0.786. The summed E-state index contributed by atoms with van der Waals surface area (Å²) in [6, 6.07) is 0.786. The molecule has 0 spiro atoms. The molecule has 1 rings (SSSR count). The third-order valence-corrected chi connectivity index (χ3v) is 2.84.